The lowest BCUT2D eigenvalue weighted by molar-refractivity contribution is -0.133. The summed E-state index contributed by atoms with van der Waals surface area (Å²) < 4.78 is 0. The van der Waals surface area contributed by atoms with Gasteiger partial charge >= 0.3 is 0 Å². The highest BCUT2D eigenvalue weighted by Gasteiger charge is 2.34. The quantitative estimate of drug-likeness (QED) is 0.596. The molecule has 0 aromatic rings. The molecule has 88 valence electrons. The molecule has 5 heteroatoms. The third kappa shape index (κ3) is 3.87. The fourth-order valence-electron chi connectivity index (χ4n) is 1.12. The lowest BCUT2D eigenvalue weighted by Crippen LogP contribution is -2.61. The van der Waals surface area contributed by atoms with Gasteiger partial charge in [0, 0.05) is 0 Å². The smallest absolute Gasteiger partial charge is 0.242 e. The van der Waals surface area contributed by atoms with Crippen LogP contribution >= 0.6 is 0 Å². The highest BCUT2D eigenvalue weighted by atomic mass is 16.2. The second-order valence-corrected chi connectivity index (χ2v) is 4.61. The summed E-state index contributed by atoms with van der Waals surface area (Å²) in [4.78, 5) is 22.7. The number of hydrogen-bond donors (Lipinski definition) is 3. The van der Waals surface area contributed by atoms with Crippen molar-refractivity contribution < 1.29 is 9.59 Å². The van der Waals surface area contributed by atoms with Crippen molar-refractivity contribution in [3.8, 4) is 0 Å². The van der Waals surface area contributed by atoms with Crippen LogP contribution in [0.3, 0.4) is 0 Å². The highest BCUT2D eigenvalue weighted by Crippen LogP contribution is 2.11. The fourth-order valence-corrected chi connectivity index (χ4v) is 1.12. The molecular formula is C10H21N3O2. The first-order valence-electron chi connectivity index (χ1n) is 5.05. The van der Waals surface area contributed by atoms with E-state index in [0.717, 1.165) is 6.42 Å². The van der Waals surface area contributed by atoms with Crippen molar-refractivity contribution >= 4 is 11.8 Å². The molecular weight excluding hydrogens is 194 g/mol. The van der Waals surface area contributed by atoms with E-state index in [9.17, 15) is 9.59 Å². The zero-order chi connectivity index (χ0) is 12.3. The monoisotopic (exact) mass is 215 g/mol. The summed E-state index contributed by atoms with van der Waals surface area (Å²) >= 11 is 0. The highest BCUT2D eigenvalue weighted by molar-refractivity contribution is 5.93. The van der Waals surface area contributed by atoms with Gasteiger partial charge in [-0.1, -0.05) is 13.3 Å². The van der Waals surface area contributed by atoms with E-state index in [2.05, 4.69) is 5.32 Å². The largest absolute Gasteiger partial charge is 0.368 e. The van der Waals surface area contributed by atoms with E-state index in [1.54, 1.807) is 20.8 Å². The average molecular weight is 215 g/mol. The van der Waals surface area contributed by atoms with Crippen LogP contribution in [-0.4, -0.2) is 22.9 Å². The second-order valence-electron chi connectivity index (χ2n) is 4.61. The standard InChI is InChI=1S/C10H21N3O2/c1-5-6-10(4,12)8(15)13-9(2,3)7(11)14/h5-6,12H2,1-4H3,(H2,11,14)(H,13,15). The molecule has 0 aliphatic heterocycles. The van der Waals surface area contributed by atoms with E-state index in [1.165, 1.54) is 0 Å². The molecule has 0 saturated carbocycles. The fraction of sp³-hybridized carbons (Fsp3) is 0.800. The van der Waals surface area contributed by atoms with Gasteiger partial charge in [-0.05, 0) is 27.2 Å². The number of nitrogens with one attached hydrogen (secondary N) is 1. The molecule has 0 rings (SSSR count). The summed E-state index contributed by atoms with van der Waals surface area (Å²) in [7, 11) is 0. The lowest BCUT2D eigenvalue weighted by atomic mass is 9.94. The van der Waals surface area contributed by atoms with E-state index >= 15 is 0 Å². The van der Waals surface area contributed by atoms with Crippen molar-refractivity contribution in [1.82, 2.24) is 5.32 Å². The van der Waals surface area contributed by atoms with Crippen LogP contribution in [0.25, 0.3) is 0 Å². The summed E-state index contributed by atoms with van der Waals surface area (Å²) in [5.74, 6) is -0.934. The molecule has 1 unspecified atom stereocenters. The van der Waals surface area contributed by atoms with Crippen molar-refractivity contribution in [2.45, 2.75) is 51.6 Å². The molecule has 0 aromatic carbocycles. The minimum absolute atomic E-state index is 0.354. The maximum Gasteiger partial charge on any atom is 0.242 e. The summed E-state index contributed by atoms with van der Waals surface area (Å²) in [6.07, 6.45) is 1.37. The topological polar surface area (TPSA) is 98.2 Å². The maximum atomic E-state index is 11.7. The van der Waals surface area contributed by atoms with Crippen molar-refractivity contribution in [3.05, 3.63) is 0 Å². The third-order valence-electron chi connectivity index (χ3n) is 2.33. The molecule has 0 saturated heterocycles. The van der Waals surface area contributed by atoms with Gasteiger partial charge in [0.05, 0.1) is 5.54 Å². The van der Waals surface area contributed by atoms with E-state index < -0.39 is 17.0 Å². The molecule has 0 aromatic heterocycles. The number of carbonyl (C=O) groups is 2. The van der Waals surface area contributed by atoms with Crippen LogP contribution in [0, 0.1) is 0 Å². The first-order valence-corrected chi connectivity index (χ1v) is 5.05. The van der Waals surface area contributed by atoms with Crippen molar-refractivity contribution in [2.75, 3.05) is 0 Å². The summed E-state index contributed by atoms with van der Waals surface area (Å²) in [6, 6.07) is 0. The molecule has 1 atom stereocenters. The predicted molar refractivity (Wildman–Crippen MR) is 58.9 cm³/mol. The minimum atomic E-state index is -1.06. The SMILES string of the molecule is CCCC(C)(N)C(=O)NC(C)(C)C(N)=O. The molecule has 0 spiro atoms. The molecule has 0 aliphatic carbocycles. The van der Waals surface area contributed by atoms with E-state index in [0.29, 0.717) is 6.42 Å². The molecule has 5 N–H and O–H groups in total. The Morgan fingerprint density at radius 1 is 1.27 bits per heavy atom. The molecule has 0 aliphatic rings. The van der Waals surface area contributed by atoms with Gasteiger partial charge in [0.1, 0.15) is 5.54 Å². The van der Waals surface area contributed by atoms with Crippen LogP contribution in [0.2, 0.25) is 0 Å². The molecule has 15 heavy (non-hydrogen) atoms. The molecule has 0 fully saturated rings. The van der Waals surface area contributed by atoms with Gasteiger partial charge in [0.25, 0.3) is 0 Å². The van der Waals surface area contributed by atoms with Crippen LogP contribution < -0.4 is 16.8 Å². The zero-order valence-corrected chi connectivity index (χ0v) is 9.89. The Hall–Kier alpha value is -1.10. The average Bonchev–Trinajstić information content (AvgIpc) is 2.02. The van der Waals surface area contributed by atoms with Crippen LogP contribution in [0.15, 0.2) is 0 Å². The Balaban J connectivity index is 4.56. The number of carbonyl (C=O) groups excluding carboxylic acids is 2. The van der Waals surface area contributed by atoms with E-state index in [-0.39, 0.29) is 5.91 Å². The zero-order valence-electron chi connectivity index (χ0n) is 9.89. The first kappa shape index (κ1) is 13.9. The van der Waals surface area contributed by atoms with E-state index in [1.807, 2.05) is 6.92 Å². The Labute approximate surface area is 90.6 Å². The van der Waals surface area contributed by atoms with Crippen molar-refractivity contribution in [3.63, 3.8) is 0 Å². The Bertz CT molecular complexity index is 259. The minimum Gasteiger partial charge on any atom is -0.368 e. The molecule has 0 bridgehead atoms. The molecule has 0 heterocycles. The van der Waals surface area contributed by atoms with Gasteiger partial charge in [-0.3, -0.25) is 9.59 Å². The third-order valence-corrected chi connectivity index (χ3v) is 2.33. The Kier molecular flexibility index (Phi) is 4.27. The Morgan fingerprint density at radius 3 is 2.07 bits per heavy atom. The summed E-state index contributed by atoms with van der Waals surface area (Å²) in [5.41, 5.74) is 8.93. The van der Waals surface area contributed by atoms with Gasteiger partial charge in [-0.25, -0.2) is 0 Å². The van der Waals surface area contributed by atoms with Crippen molar-refractivity contribution in [1.29, 1.82) is 0 Å². The number of nitrogens with two attached hydrogens (primary N) is 2. The predicted octanol–water partition coefficient (Wildman–Crippen LogP) is -0.116. The molecule has 2 amide bonds. The van der Waals surface area contributed by atoms with Gasteiger partial charge in [0.15, 0.2) is 0 Å². The number of primary amides is 1. The lowest BCUT2D eigenvalue weighted by Gasteiger charge is -2.29. The van der Waals surface area contributed by atoms with E-state index in [4.69, 9.17) is 11.5 Å². The van der Waals surface area contributed by atoms with Crippen LogP contribution in [0.5, 0.6) is 0 Å². The second kappa shape index (κ2) is 4.61. The Morgan fingerprint density at radius 2 is 1.73 bits per heavy atom. The van der Waals surface area contributed by atoms with Gasteiger partial charge < -0.3 is 16.8 Å². The van der Waals surface area contributed by atoms with Crippen LogP contribution in [-0.2, 0) is 9.59 Å². The first-order chi connectivity index (χ1) is 6.63. The van der Waals surface area contributed by atoms with Crippen LogP contribution in [0.1, 0.15) is 40.5 Å². The normalized spacial score (nSPS) is 15.5. The maximum absolute atomic E-state index is 11.7. The summed E-state index contributed by atoms with van der Waals surface area (Å²) in [5, 5.41) is 2.54. The number of amides is 2. The van der Waals surface area contributed by atoms with Crippen molar-refractivity contribution in [2.24, 2.45) is 11.5 Å². The molecule has 5 nitrogen and oxygen atoms in total. The summed E-state index contributed by atoms with van der Waals surface area (Å²) in [6.45, 7) is 6.69. The van der Waals surface area contributed by atoms with Gasteiger partial charge in [0.2, 0.25) is 11.8 Å². The number of rotatable bonds is 5. The van der Waals surface area contributed by atoms with Gasteiger partial charge in [-0.2, -0.15) is 0 Å². The van der Waals surface area contributed by atoms with Gasteiger partial charge in [-0.15, -0.1) is 0 Å². The van der Waals surface area contributed by atoms with Crippen LogP contribution in [0.4, 0.5) is 0 Å². The molecule has 0 radical (unpaired) electrons. The number of hydrogen-bond acceptors (Lipinski definition) is 3.